The molecule has 1 atom stereocenters. The minimum absolute atomic E-state index is 0.0891. The minimum Gasteiger partial charge on any atom is -0.368 e. The molecule has 0 aliphatic carbocycles. The smallest absolute Gasteiger partial charge is 0.269 e. The van der Waals surface area contributed by atoms with Gasteiger partial charge in [0.1, 0.15) is 5.69 Å². The van der Waals surface area contributed by atoms with E-state index in [1.165, 1.54) is 19.3 Å². The third-order valence-electron chi connectivity index (χ3n) is 4.25. The first-order chi connectivity index (χ1) is 10.6. The maximum Gasteiger partial charge on any atom is 0.269 e. The van der Waals surface area contributed by atoms with Gasteiger partial charge in [0.25, 0.3) is 5.91 Å². The lowest BCUT2D eigenvalue weighted by molar-refractivity contribution is 0.0946. The van der Waals surface area contributed by atoms with Crippen molar-refractivity contribution in [2.45, 2.75) is 38.6 Å². The Morgan fingerprint density at radius 1 is 1.45 bits per heavy atom. The highest BCUT2D eigenvalue weighted by atomic mass is 16.1. The topological polar surface area (TPSA) is 48.5 Å². The molecule has 1 N–H and O–H groups in total. The maximum absolute atomic E-state index is 12.2. The van der Waals surface area contributed by atoms with Gasteiger partial charge in [-0.1, -0.05) is 6.92 Å². The van der Waals surface area contributed by atoms with Crippen LogP contribution in [0, 0.1) is 0 Å². The Morgan fingerprint density at radius 3 is 3.00 bits per heavy atom. The Balaban J connectivity index is 2.04. The molecule has 0 radical (unpaired) electrons. The van der Waals surface area contributed by atoms with E-state index in [9.17, 15) is 4.79 Å². The Morgan fingerprint density at radius 2 is 2.27 bits per heavy atom. The summed E-state index contributed by atoms with van der Waals surface area (Å²) in [5.74, 6) is -0.0891. The first-order valence-electron chi connectivity index (χ1n) is 8.27. The summed E-state index contributed by atoms with van der Waals surface area (Å²) in [7, 11) is 3.98. The van der Waals surface area contributed by atoms with Crippen LogP contribution in [0.25, 0.3) is 0 Å². The number of hydrogen-bond donors (Lipinski definition) is 1. The summed E-state index contributed by atoms with van der Waals surface area (Å²) in [6.07, 6.45) is 6.66. The molecule has 22 heavy (non-hydrogen) atoms. The lowest BCUT2D eigenvalue weighted by atomic mass is 9.99. The number of likely N-dealkylation sites (N-methyl/N-ethyl adjacent to an activating group) is 1. The fraction of sp³-hybridized carbons (Fsp3) is 0.647. The van der Waals surface area contributed by atoms with Crippen molar-refractivity contribution in [1.82, 2.24) is 15.2 Å². The van der Waals surface area contributed by atoms with Crippen LogP contribution in [-0.4, -0.2) is 55.6 Å². The number of rotatable bonds is 6. The average molecular weight is 304 g/mol. The highest BCUT2D eigenvalue weighted by molar-refractivity contribution is 5.93. The van der Waals surface area contributed by atoms with Gasteiger partial charge < -0.3 is 15.1 Å². The zero-order chi connectivity index (χ0) is 15.9. The van der Waals surface area contributed by atoms with E-state index in [1.54, 1.807) is 6.20 Å². The fourth-order valence-corrected chi connectivity index (χ4v) is 2.97. The molecule has 0 aromatic carbocycles. The number of nitrogens with zero attached hydrogens (tertiary/aromatic N) is 3. The largest absolute Gasteiger partial charge is 0.368 e. The molecule has 0 bridgehead atoms. The van der Waals surface area contributed by atoms with E-state index in [-0.39, 0.29) is 5.91 Å². The lowest BCUT2D eigenvalue weighted by Crippen LogP contribution is -2.39. The molecule has 2 heterocycles. The lowest BCUT2D eigenvalue weighted by Gasteiger charge is -2.37. The number of pyridine rings is 1. The predicted molar refractivity (Wildman–Crippen MR) is 90.4 cm³/mol. The highest BCUT2D eigenvalue weighted by Gasteiger charge is 2.21. The summed E-state index contributed by atoms with van der Waals surface area (Å²) < 4.78 is 0. The summed E-state index contributed by atoms with van der Waals surface area (Å²) >= 11 is 0. The molecule has 1 aromatic rings. The molecular weight excluding hydrogens is 276 g/mol. The van der Waals surface area contributed by atoms with Gasteiger partial charge in [0.05, 0.1) is 0 Å². The van der Waals surface area contributed by atoms with Crippen LogP contribution in [0.15, 0.2) is 18.3 Å². The van der Waals surface area contributed by atoms with Gasteiger partial charge in [-0.05, 0) is 51.9 Å². The molecule has 1 aromatic heterocycles. The van der Waals surface area contributed by atoms with Crippen molar-refractivity contribution in [3.63, 3.8) is 0 Å². The maximum atomic E-state index is 12.2. The summed E-state index contributed by atoms with van der Waals surface area (Å²) in [6, 6.07) is 4.53. The molecule has 0 spiro atoms. The van der Waals surface area contributed by atoms with Gasteiger partial charge in [0.15, 0.2) is 0 Å². The van der Waals surface area contributed by atoms with E-state index in [4.69, 9.17) is 0 Å². The normalized spacial score (nSPS) is 18.5. The summed E-state index contributed by atoms with van der Waals surface area (Å²) in [6.45, 7) is 4.78. The van der Waals surface area contributed by atoms with E-state index in [2.05, 4.69) is 22.1 Å². The number of piperidine rings is 1. The Bertz CT molecular complexity index is 489. The quantitative estimate of drug-likeness (QED) is 0.875. The second-order valence-corrected chi connectivity index (χ2v) is 6.21. The first-order valence-corrected chi connectivity index (χ1v) is 8.27. The van der Waals surface area contributed by atoms with Crippen LogP contribution in [0.3, 0.4) is 0 Å². The first kappa shape index (κ1) is 16.7. The van der Waals surface area contributed by atoms with E-state index in [1.807, 2.05) is 31.1 Å². The summed E-state index contributed by atoms with van der Waals surface area (Å²) in [4.78, 5) is 20.9. The van der Waals surface area contributed by atoms with Gasteiger partial charge in [-0.25, -0.2) is 0 Å². The van der Waals surface area contributed by atoms with Gasteiger partial charge >= 0.3 is 0 Å². The number of carbonyl (C=O) groups excluding carboxylic acids is 1. The van der Waals surface area contributed by atoms with Crippen molar-refractivity contribution >= 4 is 11.6 Å². The number of nitrogens with one attached hydrogen (secondary N) is 1. The minimum atomic E-state index is -0.0891. The molecule has 1 amide bonds. The summed E-state index contributed by atoms with van der Waals surface area (Å²) in [5.41, 5.74) is 1.64. The van der Waals surface area contributed by atoms with Crippen molar-refractivity contribution in [2.24, 2.45) is 0 Å². The van der Waals surface area contributed by atoms with E-state index >= 15 is 0 Å². The molecular formula is C17H28N4O. The van der Waals surface area contributed by atoms with Crippen molar-refractivity contribution in [1.29, 1.82) is 0 Å². The molecule has 5 heteroatoms. The van der Waals surface area contributed by atoms with Gasteiger partial charge in [-0.2, -0.15) is 0 Å². The highest BCUT2D eigenvalue weighted by Crippen LogP contribution is 2.26. The molecule has 122 valence electrons. The number of aromatic nitrogens is 1. The molecule has 5 nitrogen and oxygen atoms in total. The van der Waals surface area contributed by atoms with Gasteiger partial charge in [0.2, 0.25) is 0 Å². The van der Waals surface area contributed by atoms with Crippen molar-refractivity contribution < 1.29 is 4.79 Å². The van der Waals surface area contributed by atoms with Crippen LogP contribution < -0.4 is 10.2 Å². The predicted octanol–water partition coefficient (Wildman–Crippen LogP) is 2.14. The van der Waals surface area contributed by atoms with Crippen LogP contribution >= 0.6 is 0 Å². The van der Waals surface area contributed by atoms with Crippen LogP contribution in [0.1, 0.15) is 43.1 Å². The third kappa shape index (κ3) is 4.44. The summed E-state index contributed by atoms with van der Waals surface area (Å²) in [5, 5.41) is 2.92. The number of anilines is 1. The van der Waals surface area contributed by atoms with Crippen LogP contribution in [0.2, 0.25) is 0 Å². The van der Waals surface area contributed by atoms with E-state index in [0.29, 0.717) is 18.3 Å². The molecule has 1 unspecified atom stereocenters. The Hall–Kier alpha value is -1.62. The standard InChI is InChI=1S/C17H28N4O/c1-4-14-7-5-6-11-21(14)15-8-9-18-16(13-15)17(22)19-10-12-20(2)3/h8-9,13-14H,4-7,10-12H2,1-3H3,(H,19,22). The number of hydrogen-bond acceptors (Lipinski definition) is 4. The molecule has 1 saturated heterocycles. The Kier molecular flexibility index (Phi) is 6.19. The van der Waals surface area contributed by atoms with E-state index < -0.39 is 0 Å². The fourth-order valence-electron chi connectivity index (χ4n) is 2.97. The monoisotopic (exact) mass is 304 g/mol. The zero-order valence-corrected chi connectivity index (χ0v) is 14.0. The Labute approximate surface area is 133 Å². The molecule has 1 fully saturated rings. The van der Waals surface area contributed by atoms with Crippen LogP contribution in [0.5, 0.6) is 0 Å². The van der Waals surface area contributed by atoms with Gasteiger partial charge in [-0.15, -0.1) is 0 Å². The van der Waals surface area contributed by atoms with Gasteiger partial charge in [-0.3, -0.25) is 9.78 Å². The number of carbonyl (C=O) groups is 1. The molecule has 1 aliphatic heterocycles. The van der Waals surface area contributed by atoms with Crippen LogP contribution in [0.4, 0.5) is 5.69 Å². The van der Waals surface area contributed by atoms with Crippen LogP contribution in [-0.2, 0) is 0 Å². The molecule has 1 aliphatic rings. The van der Waals surface area contributed by atoms with Crippen molar-refractivity contribution in [3.05, 3.63) is 24.0 Å². The van der Waals surface area contributed by atoms with E-state index in [0.717, 1.165) is 25.2 Å². The van der Waals surface area contributed by atoms with Crippen molar-refractivity contribution in [2.75, 3.05) is 38.6 Å². The second kappa shape index (κ2) is 8.13. The van der Waals surface area contributed by atoms with Gasteiger partial charge in [0, 0.05) is 37.6 Å². The van der Waals surface area contributed by atoms with Crippen molar-refractivity contribution in [3.8, 4) is 0 Å². The SMILES string of the molecule is CCC1CCCCN1c1ccnc(C(=O)NCCN(C)C)c1. The third-order valence-corrected chi connectivity index (χ3v) is 4.25. The molecule has 0 saturated carbocycles. The average Bonchev–Trinajstić information content (AvgIpc) is 2.54. The second-order valence-electron chi connectivity index (χ2n) is 6.21. The zero-order valence-electron chi connectivity index (χ0n) is 14.0. The number of amides is 1. The molecule has 2 rings (SSSR count).